The maximum Gasteiger partial charge on any atom is 0.316 e. The maximum atomic E-state index is 12.1. The van der Waals surface area contributed by atoms with Crippen LogP contribution in [0.4, 0.5) is 0 Å². The zero-order chi connectivity index (χ0) is 17.0. The molecule has 0 aromatic heterocycles. The van der Waals surface area contributed by atoms with Gasteiger partial charge in [-0.25, -0.2) is 0 Å². The summed E-state index contributed by atoms with van der Waals surface area (Å²) >= 11 is 0. The van der Waals surface area contributed by atoms with Crippen LogP contribution in [-0.2, 0) is 23.9 Å². The lowest BCUT2D eigenvalue weighted by Gasteiger charge is -2.26. The summed E-state index contributed by atoms with van der Waals surface area (Å²) in [4.78, 5) is 46.4. The van der Waals surface area contributed by atoms with E-state index in [0.717, 1.165) is 5.01 Å². The third-order valence-corrected chi connectivity index (χ3v) is 3.77. The predicted octanol–water partition coefficient (Wildman–Crippen LogP) is 0.873. The number of hydrogen-bond acceptors (Lipinski definition) is 7. The van der Waals surface area contributed by atoms with Crippen LogP contribution in [0.15, 0.2) is 10.3 Å². The fourth-order valence-corrected chi connectivity index (χ4v) is 2.58. The highest BCUT2D eigenvalue weighted by Gasteiger charge is 2.43. The molecule has 126 valence electrons. The summed E-state index contributed by atoms with van der Waals surface area (Å²) in [6, 6.07) is -1.34. The maximum absolute atomic E-state index is 12.1. The van der Waals surface area contributed by atoms with Gasteiger partial charge in [-0.3, -0.25) is 19.2 Å². The van der Waals surface area contributed by atoms with Crippen LogP contribution in [0.25, 0.3) is 0 Å². The quantitative estimate of drug-likeness (QED) is 0.547. The zero-order valence-corrected chi connectivity index (χ0v) is 12.8. The molecule has 9 heteroatoms. The first-order chi connectivity index (χ1) is 10.9. The summed E-state index contributed by atoms with van der Waals surface area (Å²) in [5, 5.41) is 16.9. The van der Waals surface area contributed by atoms with E-state index in [0.29, 0.717) is 25.7 Å². The van der Waals surface area contributed by atoms with Gasteiger partial charge in [0.2, 0.25) is 0 Å². The van der Waals surface area contributed by atoms with Crippen LogP contribution < -0.4 is 0 Å². The Bertz CT molecular complexity index is 547. The van der Waals surface area contributed by atoms with Gasteiger partial charge in [0.1, 0.15) is 0 Å². The molecule has 2 rings (SSSR count). The van der Waals surface area contributed by atoms with E-state index in [1.807, 2.05) is 0 Å². The van der Waals surface area contributed by atoms with Gasteiger partial charge in [-0.05, 0) is 25.7 Å². The van der Waals surface area contributed by atoms with Crippen LogP contribution in [0.1, 0.15) is 45.4 Å². The monoisotopic (exact) mass is 325 g/mol. The molecule has 0 radical (unpaired) electrons. The average molecular weight is 325 g/mol. The molecule has 0 bridgehead atoms. The van der Waals surface area contributed by atoms with E-state index in [2.05, 4.69) is 10.3 Å². The summed E-state index contributed by atoms with van der Waals surface area (Å²) < 4.78 is 5.56. The van der Waals surface area contributed by atoms with Gasteiger partial charge < -0.3 is 9.84 Å². The van der Waals surface area contributed by atoms with Crippen molar-refractivity contribution in [3.63, 3.8) is 0 Å². The Balaban J connectivity index is 1.98. The number of aliphatic carboxylic acids is 1. The molecule has 1 amide bonds. The highest BCUT2D eigenvalue weighted by molar-refractivity contribution is 6.42. The number of ether oxygens (including phenoxy) is 1. The van der Waals surface area contributed by atoms with Crippen molar-refractivity contribution < 1.29 is 29.0 Å². The molecule has 2 heterocycles. The van der Waals surface area contributed by atoms with Gasteiger partial charge in [0.05, 0.1) is 6.10 Å². The number of Topliss-reactive ketones (excluding diaryl/α,β-unsaturated/α-hetero) is 2. The van der Waals surface area contributed by atoms with E-state index < -0.39 is 35.7 Å². The van der Waals surface area contributed by atoms with Gasteiger partial charge in [0.25, 0.3) is 5.78 Å². The lowest BCUT2D eigenvalue weighted by molar-refractivity contribution is -0.160. The first kappa shape index (κ1) is 17.2. The predicted molar refractivity (Wildman–Crippen MR) is 75.2 cm³/mol. The SMILES string of the molecule is CCCC(=O)C1N=NN(C2CCC(CCC(=O)O)O2)C(=O)C1=O. The number of carbonyl (C=O) groups excluding carboxylic acids is 3. The minimum atomic E-state index is -1.34. The van der Waals surface area contributed by atoms with Gasteiger partial charge >= 0.3 is 11.9 Å². The molecular weight excluding hydrogens is 306 g/mol. The van der Waals surface area contributed by atoms with Crippen molar-refractivity contribution in [2.45, 2.75) is 63.8 Å². The molecule has 1 saturated heterocycles. The molecule has 2 aliphatic rings. The number of carbonyl (C=O) groups is 4. The van der Waals surface area contributed by atoms with Gasteiger partial charge in [-0.1, -0.05) is 12.1 Å². The van der Waals surface area contributed by atoms with E-state index >= 15 is 0 Å². The minimum absolute atomic E-state index is 0.0284. The third-order valence-electron chi connectivity index (χ3n) is 3.77. The van der Waals surface area contributed by atoms with Crippen molar-refractivity contribution in [1.29, 1.82) is 0 Å². The number of nitrogens with zero attached hydrogens (tertiary/aromatic N) is 3. The number of ketones is 2. The molecule has 1 fully saturated rings. The minimum Gasteiger partial charge on any atom is -0.481 e. The fourth-order valence-electron chi connectivity index (χ4n) is 2.58. The number of carboxylic acid groups (broad SMARTS) is 1. The Morgan fingerprint density at radius 2 is 2.04 bits per heavy atom. The highest BCUT2D eigenvalue weighted by Crippen LogP contribution is 2.28. The molecule has 9 nitrogen and oxygen atoms in total. The number of carboxylic acids is 1. The van der Waals surface area contributed by atoms with Crippen molar-refractivity contribution >= 4 is 23.4 Å². The van der Waals surface area contributed by atoms with Gasteiger partial charge in [-0.2, -0.15) is 10.1 Å². The van der Waals surface area contributed by atoms with Crippen LogP contribution in [0.2, 0.25) is 0 Å². The Morgan fingerprint density at radius 1 is 1.30 bits per heavy atom. The molecule has 23 heavy (non-hydrogen) atoms. The van der Waals surface area contributed by atoms with E-state index in [1.54, 1.807) is 6.92 Å². The molecular formula is C14H19N3O6. The fraction of sp³-hybridized carbons (Fsp3) is 0.714. The molecule has 3 unspecified atom stereocenters. The van der Waals surface area contributed by atoms with Crippen molar-refractivity contribution in [3.05, 3.63) is 0 Å². The summed E-state index contributed by atoms with van der Waals surface area (Å²) in [5.41, 5.74) is 0. The Hall–Kier alpha value is -2.16. The smallest absolute Gasteiger partial charge is 0.316 e. The standard InChI is InChI=1S/C14H19N3O6/c1-2-3-9(18)12-13(21)14(22)17(16-15-12)10-6-4-8(23-10)5-7-11(19)20/h8,10,12H,2-7H2,1H3,(H,19,20). The Kier molecular flexibility index (Phi) is 5.54. The Labute approximate surface area is 132 Å². The Morgan fingerprint density at radius 3 is 2.70 bits per heavy atom. The van der Waals surface area contributed by atoms with E-state index in [1.165, 1.54) is 0 Å². The summed E-state index contributed by atoms with van der Waals surface area (Å²) in [6.07, 6.45) is 1.01. The van der Waals surface area contributed by atoms with Crippen molar-refractivity contribution in [2.75, 3.05) is 0 Å². The molecule has 0 saturated carbocycles. The first-order valence-electron chi connectivity index (χ1n) is 7.62. The van der Waals surface area contributed by atoms with Gasteiger partial charge in [0.15, 0.2) is 18.1 Å². The second kappa shape index (κ2) is 7.40. The largest absolute Gasteiger partial charge is 0.481 e. The first-order valence-corrected chi connectivity index (χ1v) is 7.62. The van der Waals surface area contributed by atoms with Crippen LogP contribution in [0.3, 0.4) is 0 Å². The lowest BCUT2D eigenvalue weighted by atomic mass is 10.0. The second-order valence-electron chi connectivity index (χ2n) is 5.56. The second-order valence-corrected chi connectivity index (χ2v) is 5.56. The molecule has 2 aliphatic heterocycles. The molecule has 0 aliphatic carbocycles. The number of hydrogen-bond donors (Lipinski definition) is 1. The third kappa shape index (κ3) is 3.98. The summed E-state index contributed by atoms with van der Waals surface area (Å²) in [6.45, 7) is 1.79. The molecule has 0 spiro atoms. The van der Waals surface area contributed by atoms with Crippen LogP contribution in [0.5, 0.6) is 0 Å². The summed E-state index contributed by atoms with van der Waals surface area (Å²) in [7, 11) is 0. The molecule has 3 atom stereocenters. The average Bonchev–Trinajstić information content (AvgIpc) is 2.96. The molecule has 1 N–H and O–H groups in total. The van der Waals surface area contributed by atoms with E-state index in [-0.39, 0.29) is 18.9 Å². The van der Waals surface area contributed by atoms with Gasteiger partial charge in [0, 0.05) is 12.8 Å². The van der Waals surface area contributed by atoms with Crippen molar-refractivity contribution in [1.82, 2.24) is 5.01 Å². The molecule has 0 aromatic rings. The van der Waals surface area contributed by atoms with Gasteiger partial charge in [-0.15, -0.1) is 0 Å². The van der Waals surface area contributed by atoms with Crippen molar-refractivity contribution in [3.8, 4) is 0 Å². The van der Waals surface area contributed by atoms with Crippen LogP contribution in [0, 0.1) is 0 Å². The molecule has 0 aromatic carbocycles. The summed E-state index contributed by atoms with van der Waals surface area (Å²) in [5.74, 6) is -3.13. The normalized spacial score (nSPS) is 27.5. The van der Waals surface area contributed by atoms with Crippen LogP contribution in [-0.4, -0.2) is 51.9 Å². The number of rotatable bonds is 7. The van der Waals surface area contributed by atoms with E-state index in [9.17, 15) is 19.2 Å². The topological polar surface area (TPSA) is 126 Å². The van der Waals surface area contributed by atoms with Crippen molar-refractivity contribution in [2.24, 2.45) is 10.3 Å². The lowest BCUT2D eigenvalue weighted by Crippen LogP contribution is -2.48. The van der Waals surface area contributed by atoms with E-state index in [4.69, 9.17) is 9.84 Å². The van der Waals surface area contributed by atoms with Crippen LogP contribution >= 0.6 is 0 Å². The number of amides is 1. The highest BCUT2D eigenvalue weighted by atomic mass is 16.5. The zero-order valence-electron chi connectivity index (χ0n) is 12.8.